The summed E-state index contributed by atoms with van der Waals surface area (Å²) in [6.07, 6.45) is 0. The molecule has 4 nitrogen and oxygen atoms in total. The lowest BCUT2D eigenvalue weighted by Gasteiger charge is -2.36. The van der Waals surface area contributed by atoms with Crippen LogP contribution in [0.1, 0.15) is 22.8 Å². The number of hydrogen-bond acceptors (Lipinski definition) is 3. The van der Waals surface area contributed by atoms with Crippen molar-refractivity contribution >= 4 is 17.5 Å². The van der Waals surface area contributed by atoms with Crippen LogP contribution in [0.3, 0.4) is 0 Å². The molecule has 0 spiro atoms. The van der Waals surface area contributed by atoms with Gasteiger partial charge in [0.2, 0.25) is 0 Å². The van der Waals surface area contributed by atoms with Gasteiger partial charge < -0.3 is 5.32 Å². The van der Waals surface area contributed by atoms with Gasteiger partial charge in [0.15, 0.2) is 0 Å². The Morgan fingerprint density at radius 2 is 1.73 bits per heavy atom. The first-order valence-corrected chi connectivity index (χ1v) is 9.53. The first kappa shape index (κ1) is 18.9. The van der Waals surface area contributed by atoms with E-state index in [4.69, 9.17) is 11.6 Å². The van der Waals surface area contributed by atoms with Crippen molar-refractivity contribution in [1.29, 1.82) is 0 Å². The van der Waals surface area contributed by atoms with Crippen LogP contribution in [0.5, 0.6) is 0 Å². The van der Waals surface area contributed by atoms with Crippen molar-refractivity contribution < 1.29 is 4.79 Å². The molecule has 2 aromatic carbocycles. The SMILES string of the molecule is C[C@@H](CN1CCN(Cc2ccccc2)CC1)NC(=O)c1cccc(Cl)c1. The molecular weight excluding hydrogens is 346 g/mol. The molecule has 1 aliphatic rings. The van der Waals surface area contributed by atoms with Gasteiger partial charge in [-0.3, -0.25) is 14.6 Å². The van der Waals surface area contributed by atoms with Gasteiger partial charge in [-0.05, 0) is 30.7 Å². The van der Waals surface area contributed by atoms with Crippen molar-refractivity contribution in [3.63, 3.8) is 0 Å². The topological polar surface area (TPSA) is 35.6 Å². The molecule has 0 saturated carbocycles. The number of rotatable bonds is 6. The first-order valence-electron chi connectivity index (χ1n) is 9.15. The summed E-state index contributed by atoms with van der Waals surface area (Å²) in [7, 11) is 0. The average Bonchev–Trinajstić information content (AvgIpc) is 2.64. The zero-order chi connectivity index (χ0) is 18.4. The molecular formula is C21H26ClN3O. The summed E-state index contributed by atoms with van der Waals surface area (Å²) in [6, 6.07) is 17.8. The summed E-state index contributed by atoms with van der Waals surface area (Å²) in [5, 5.41) is 3.65. The maximum absolute atomic E-state index is 12.3. The summed E-state index contributed by atoms with van der Waals surface area (Å²) < 4.78 is 0. The predicted molar refractivity (Wildman–Crippen MR) is 107 cm³/mol. The Morgan fingerprint density at radius 3 is 2.42 bits per heavy atom. The van der Waals surface area contributed by atoms with Gasteiger partial charge in [0.25, 0.3) is 5.91 Å². The maximum atomic E-state index is 12.3. The lowest BCUT2D eigenvalue weighted by atomic mass is 10.2. The normalized spacial score (nSPS) is 17.0. The molecule has 0 aromatic heterocycles. The van der Waals surface area contributed by atoms with Crippen molar-refractivity contribution in [3.8, 4) is 0 Å². The van der Waals surface area contributed by atoms with Gasteiger partial charge in [0.1, 0.15) is 0 Å². The second kappa shape index (κ2) is 9.17. The highest BCUT2D eigenvalue weighted by molar-refractivity contribution is 6.30. The summed E-state index contributed by atoms with van der Waals surface area (Å²) in [5.74, 6) is -0.0669. The quantitative estimate of drug-likeness (QED) is 0.846. The van der Waals surface area contributed by atoms with Crippen LogP contribution < -0.4 is 5.32 Å². The van der Waals surface area contributed by atoms with E-state index in [1.165, 1.54) is 5.56 Å². The molecule has 1 N–H and O–H groups in total. The van der Waals surface area contributed by atoms with E-state index in [1.807, 2.05) is 0 Å². The van der Waals surface area contributed by atoms with Gasteiger partial charge in [-0.1, -0.05) is 48.0 Å². The van der Waals surface area contributed by atoms with Gasteiger partial charge in [0, 0.05) is 55.9 Å². The Bertz CT molecular complexity index is 714. The van der Waals surface area contributed by atoms with Crippen LogP contribution in [0.4, 0.5) is 0 Å². The second-order valence-corrected chi connectivity index (χ2v) is 7.38. The van der Waals surface area contributed by atoms with Gasteiger partial charge >= 0.3 is 0 Å². The third-order valence-corrected chi connectivity index (χ3v) is 4.95. The third-order valence-electron chi connectivity index (χ3n) is 4.71. The zero-order valence-corrected chi connectivity index (χ0v) is 16.0. The fourth-order valence-electron chi connectivity index (χ4n) is 3.34. The monoisotopic (exact) mass is 371 g/mol. The Hall–Kier alpha value is -1.88. The minimum Gasteiger partial charge on any atom is -0.348 e. The van der Waals surface area contributed by atoms with Gasteiger partial charge in [-0.25, -0.2) is 0 Å². The van der Waals surface area contributed by atoms with Crippen LogP contribution in [-0.4, -0.2) is 54.5 Å². The average molecular weight is 372 g/mol. The van der Waals surface area contributed by atoms with Crippen molar-refractivity contribution in [2.45, 2.75) is 19.5 Å². The summed E-state index contributed by atoms with van der Waals surface area (Å²) in [6.45, 7) is 8.11. The lowest BCUT2D eigenvalue weighted by Crippen LogP contribution is -2.50. The fraction of sp³-hybridized carbons (Fsp3) is 0.381. The molecule has 1 heterocycles. The van der Waals surface area contributed by atoms with E-state index < -0.39 is 0 Å². The molecule has 1 atom stereocenters. The minimum absolute atomic E-state index is 0.0669. The molecule has 0 radical (unpaired) electrons. The van der Waals surface area contributed by atoms with Crippen LogP contribution >= 0.6 is 11.6 Å². The number of benzene rings is 2. The third kappa shape index (κ3) is 5.56. The lowest BCUT2D eigenvalue weighted by molar-refractivity contribution is 0.0901. The molecule has 0 bridgehead atoms. The fourth-order valence-corrected chi connectivity index (χ4v) is 3.53. The molecule has 26 heavy (non-hydrogen) atoms. The highest BCUT2D eigenvalue weighted by atomic mass is 35.5. The highest BCUT2D eigenvalue weighted by Crippen LogP contribution is 2.11. The Morgan fingerprint density at radius 1 is 1.04 bits per heavy atom. The molecule has 0 unspecified atom stereocenters. The summed E-state index contributed by atoms with van der Waals surface area (Å²) >= 11 is 5.96. The number of hydrogen-bond donors (Lipinski definition) is 1. The van der Waals surface area contributed by atoms with E-state index in [-0.39, 0.29) is 11.9 Å². The molecule has 138 valence electrons. The van der Waals surface area contributed by atoms with E-state index >= 15 is 0 Å². The van der Waals surface area contributed by atoms with Crippen LogP contribution in [0.2, 0.25) is 5.02 Å². The summed E-state index contributed by atoms with van der Waals surface area (Å²) in [5.41, 5.74) is 1.97. The van der Waals surface area contributed by atoms with Crippen LogP contribution in [-0.2, 0) is 6.54 Å². The number of nitrogens with zero attached hydrogens (tertiary/aromatic N) is 2. The Kier molecular flexibility index (Phi) is 6.67. The van der Waals surface area contributed by atoms with Gasteiger partial charge in [-0.15, -0.1) is 0 Å². The van der Waals surface area contributed by atoms with E-state index in [0.717, 1.165) is 39.3 Å². The van der Waals surface area contributed by atoms with E-state index in [2.05, 4.69) is 52.4 Å². The molecule has 2 aromatic rings. The maximum Gasteiger partial charge on any atom is 0.251 e. The minimum atomic E-state index is -0.0669. The van der Waals surface area contributed by atoms with Crippen molar-refractivity contribution in [3.05, 3.63) is 70.7 Å². The highest BCUT2D eigenvalue weighted by Gasteiger charge is 2.19. The van der Waals surface area contributed by atoms with Crippen molar-refractivity contribution in [2.24, 2.45) is 0 Å². The van der Waals surface area contributed by atoms with Crippen LogP contribution in [0.15, 0.2) is 54.6 Å². The molecule has 1 amide bonds. The van der Waals surface area contributed by atoms with Crippen LogP contribution in [0, 0.1) is 0 Å². The van der Waals surface area contributed by atoms with Gasteiger partial charge in [0.05, 0.1) is 0 Å². The van der Waals surface area contributed by atoms with Crippen molar-refractivity contribution in [1.82, 2.24) is 15.1 Å². The van der Waals surface area contributed by atoms with E-state index in [0.29, 0.717) is 10.6 Å². The smallest absolute Gasteiger partial charge is 0.251 e. The number of amides is 1. The largest absolute Gasteiger partial charge is 0.348 e. The number of carbonyl (C=O) groups is 1. The molecule has 1 aliphatic heterocycles. The number of carbonyl (C=O) groups excluding carboxylic acids is 1. The molecule has 5 heteroatoms. The van der Waals surface area contributed by atoms with Crippen LogP contribution in [0.25, 0.3) is 0 Å². The standard InChI is InChI=1S/C21H26ClN3O/c1-17(23-21(26)19-8-5-9-20(22)14-19)15-24-10-12-25(13-11-24)16-18-6-3-2-4-7-18/h2-9,14,17H,10-13,15-16H2,1H3,(H,23,26)/t17-/m0/s1. The van der Waals surface area contributed by atoms with Gasteiger partial charge in [-0.2, -0.15) is 0 Å². The Balaban J connectivity index is 1.42. The van der Waals surface area contributed by atoms with E-state index in [1.54, 1.807) is 24.3 Å². The molecule has 0 aliphatic carbocycles. The molecule has 1 saturated heterocycles. The zero-order valence-electron chi connectivity index (χ0n) is 15.2. The number of piperazine rings is 1. The van der Waals surface area contributed by atoms with Crippen molar-refractivity contribution in [2.75, 3.05) is 32.7 Å². The Labute approximate surface area is 160 Å². The van der Waals surface area contributed by atoms with E-state index in [9.17, 15) is 4.79 Å². The first-order chi connectivity index (χ1) is 12.6. The predicted octanol–water partition coefficient (Wildman–Crippen LogP) is 3.28. The summed E-state index contributed by atoms with van der Waals surface area (Å²) in [4.78, 5) is 17.2. The second-order valence-electron chi connectivity index (χ2n) is 6.95. The number of nitrogens with one attached hydrogen (secondary N) is 1. The number of halogens is 1. The molecule has 3 rings (SSSR count). The molecule has 1 fully saturated rings.